The first-order valence-electron chi connectivity index (χ1n) is 8.55. The van der Waals surface area contributed by atoms with Gasteiger partial charge in [0.25, 0.3) is 0 Å². The van der Waals surface area contributed by atoms with E-state index < -0.39 is 0 Å². The molecular weight excluding hydrogens is 331 g/mol. The van der Waals surface area contributed by atoms with Crippen LogP contribution in [0.5, 0.6) is 5.75 Å². The highest BCUT2D eigenvalue weighted by Crippen LogP contribution is 2.26. The molecule has 0 spiro atoms. The van der Waals surface area contributed by atoms with E-state index in [0.717, 1.165) is 11.4 Å². The maximum absolute atomic E-state index is 13.6. The summed E-state index contributed by atoms with van der Waals surface area (Å²) in [5.41, 5.74) is 1.48. The van der Waals surface area contributed by atoms with Crippen LogP contribution in [-0.2, 0) is 6.42 Å². The lowest BCUT2D eigenvalue weighted by Crippen LogP contribution is -2.08. The van der Waals surface area contributed by atoms with Crippen LogP contribution < -0.4 is 15.4 Å². The van der Waals surface area contributed by atoms with Crippen LogP contribution in [-0.4, -0.2) is 23.1 Å². The van der Waals surface area contributed by atoms with Gasteiger partial charge in [-0.25, -0.2) is 9.37 Å². The first kappa shape index (κ1) is 17.7. The molecule has 0 bridgehead atoms. The van der Waals surface area contributed by atoms with Gasteiger partial charge < -0.3 is 15.4 Å². The summed E-state index contributed by atoms with van der Waals surface area (Å²) in [5, 5.41) is 6.37. The van der Waals surface area contributed by atoms with E-state index in [1.807, 2.05) is 37.3 Å². The van der Waals surface area contributed by atoms with Gasteiger partial charge in [-0.3, -0.25) is 0 Å². The fraction of sp³-hybridized carbons (Fsp3) is 0.200. The van der Waals surface area contributed by atoms with Gasteiger partial charge >= 0.3 is 0 Å². The van der Waals surface area contributed by atoms with Crippen molar-refractivity contribution in [2.24, 2.45) is 0 Å². The van der Waals surface area contributed by atoms with Crippen LogP contribution >= 0.6 is 0 Å². The SMILES string of the molecule is CCOc1ccccc1Nc1nccc(NCCc2ccccc2F)n1. The number of benzene rings is 2. The number of halogens is 1. The summed E-state index contributed by atoms with van der Waals surface area (Å²) in [6.07, 6.45) is 2.25. The Balaban J connectivity index is 1.62. The molecule has 3 aromatic rings. The third kappa shape index (κ3) is 4.69. The van der Waals surface area contributed by atoms with Crippen molar-refractivity contribution in [3.63, 3.8) is 0 Å². The Hall–Kier alpha value is -3.15. The molecule has 0 aliphatic rings. The molecular formula is C20H21FN4O. The van der Waals surface area contributed by atoms with Crippen LogP contribution in [0.1, 0.15) is 12.5 Å². The van der Waals surface area contributed by atoms with Crippen LogP contribution in [0, 0.1) is 5.82 Å². The highest BCUT2D eigenvalue weighted by atomic mass is 19.1. The average molecular weight is 352 g/mol. The smallest absolute Gasteiger partial charge is 0.229 e. The van der Waals surface area contributed by atoms with E-state index in [4.69, 9.17) is 4.74 Å². The van der Waals surface area contributed by atoms with Gasteiger partial charge in [0, 0.05) is 12.7 Å². The minimum Gasteiger partial charge on any atom is -0.492 e. The molecule has 0 fully saturated rings. The minimum absolute atomic E-state index is 0.188. The third-order valence-electron chi connectivity index (χ3n) is 3.75. The molecule has 2 aromatic carbocycles. The van der Waals surface area contributed by atoms with Crippen LogP contribution in [0.15, 0.2) is 60.8 Å². The standard InChI is InChI=1S/C20H21FN4O/c1-2-26-18-10-6-5-9-17(18)24-20-23-14-12-19(25-20)22-13-11-15-7-3-4-8-16(15)21/h3-10,12,14H,2,11,13H2,1H3,(H2,22,23,24,25). The Kier molecular flexibility index (Phi) is 5.98. The number of anilines is 3. The van der Waals surface area contributed by atoms with Gasteiger partial charge in [-0.05, 0) is 43.2 Å². The van der Waals surface area contributed by atoms with Crippen molar-refractivity contribution < 1.29 is 9.13 Å². The number of rotatable bonds is 8. The molecule has 6 heteroatoms. The van der Waals surface area contributed by atoms with Gasteiger partial charge in [0.15, 0.2) is 0 Å². The molecule has 0 saturated heterocycles. The summed E-state index contributed by atoms with van der Waals surface area (Å²) in [6.45, 7) is 3.09. The quantitative estimate of drug-likeness (QED) is 0.629. The molecule has 3 rings (SSSR count). The second-order valence-electron chi connectivity index (χ2n) is 5.59. The average Bonchev–Trinajstić information content (AvgIpc) is 2.66. The molecule has 0 radical (unpaired) electrons. The van der Waals surface area contributed by atoms with Crippen LogP contribution in [0.4, 0.5) is 21.8 Å². The predicted octanol–water partition coefficient (Wildman–Crippen LogP) is 4.41. The Morgan fingerprint density at radius 3 is 2.69 bits per heavy atom. The van der Waals surface area contributed by atoms with E-state index in [2.05, 4.69) is 20.6 Å². The normalized spacial score (nSPS) is 10.4. The monoisotopic (exact) mass is 352 g/mol. The fourth-order valence-electron chi connectivity index (χ4n) is 2.52. The van der Waals surface area contributed by atoms with E-state index in [-0.39, 0.29) is 5.82 Å². The molecule has 2 N–H and O–H groups in total. The zero-order valence-electron chi connectivity index (χ0n) is 14.6. The van der Waals surface area contributed by atoms with Gasteiger partial charge in [-0.1, -0.05) is 30.3 Å². The van der Waals surface area contributed by atoms with Gasteiger partial charge in [0.05, 0.1) is 12.3 Å². The zero-order valence-corrected chi connectivity index (χ0v) is 14.6. The summed E-state index contributed by atoms with van der Waals surface area (Å²) < 4.78 is 19.2. The lowest BCUT2D eigenvalue weighted by molar-refractivity contribution is 0.342. The molecule has 0 aliphatic heterocycles. The summed E-state index contributed by atoms with van der Waals surface area (Å²) in [7, 11) is 0. The number of para-hydroxylation sites is 2. The first-order chi connectivity index (χ1) is 12.8. The van der Waals surface area contributed by atoms with Crippen molar-refractivity contribution in [3.8, 4) is 5.75 Å². The molecule has 0 saturated carbocycles. The third-order valence-corrected chi connectivity index (χ3v) is 3.75. The van der Waals surface area contributed by atoms with E-state index in [9.17, 15) is 4.39 Å². The lowest BCUT2D eigenvalue weighted by Gasteiger charge is -2.12. The number of hydrogen-bond donors (Lipinski definition) is 2. The van der Waals surface area contributed by atoms with Crippen LogP contribution in [0.3, 0.4) is 0 Å². The van der Waals surface area contributed by atoms with Crippen LogP contribution in [0.2, 0.25) is 0 Å². The largest absolute Gasteiger partial charge is 0.492 e. The molecule has 5 nitrogen and oxygen atoms in total. The van der Waals surface area contributed by atoms with Crippen LogP contribution in [0.25, 0.3) is 0 Å². The van der Waals surface area contributed by atoms with Gasteiger partial charge in [-0.2, -0.15) is 4.98 Å². The molecule has 0 atom stereocenters. The van der Waals surface area contributed by atoms with E-state index >= 15 is 0 Å². The number of hydrogen-bond acceptors (Lipinski definition) is 5. The predicted molar refractivity (Wildman–Crippen MR) is 102 cm³/mol. The second-order valence-corrected chi connectivity index (χ2v) is 5.59. The van der Waals surface area contributed by atoms with Gasteiger partial charge in [-0.15, -0.1) is 0 Å². The van der Waals surface area contributed by atoms with Crippen molar-refractivity contribution in [3.05, 3.63) is 72.2 Å². The van der Waals surface area contributed by atoms with E-state index in [0.29, 0.717) is 36.9 Å². The Morgan fingerprint density at radius 2 is 1.85 bits per heavy atom. The molecule has 1 aromatic heterocycles. The number of aromatic nitrogens is 2. The Bertz CT molecular complexity index is 856. The number of ether oxygens (including phenoxy) is 1. The summed E-state index contributed by atoms with van der Waals surface area (Å²) in [6, 6.07) is 16.2. The van der Waals surface area contributed by atoms with Crippen molar-refractivity contribution in [1.82, 2.24) is 9.97 Å². The number of nitrogens with zero attached hydrogens (tertiary/aromatic N) is 2. The van der Waals surface area contributed by atoms with Crippen molar-refractivity contribution in [1.29, 1.82) is 0 Å². The van der Waals surface area contributed by atoms with E-state index in [1.165, 1.54) is 6.07 Å². The van der Waals surface area contributed by atoms with Crippen molar-refractivity contribution in [2.45, 2.75) is 13.3 Å². The second kappa shape index (κ2) is 8.80. The molecule has 26 heavy (non-hydrogen) atoms. The highest BCUT2D eigenvalue weighted by molar-refractivity contribution is 5.62. The summed E-state index contributed by atoms with van der Waals surface area (Å²) >= 11 is 0. The first-order valence-corrected chi connectivity index (χ1v) is 8.55. The topological polar surface area (TPSA) is 59.1 Å². The molecule has 134 valence electrons. The van der Waals surface area contributed by atoms with Crippen molar-refractivity contribution in [2.75, 3.05) is 23.8 Å². The highest BCUT2D eigenvalue weighted by Gasteiger charge is 2.06. The maximum atomic E-state index is 13.6. The fourth-order valence-corrected chi connectivity index (χ4v) is 2.52. The van der Waals surface area contributed by atoms with Crippen molar-refractivity contribution >= 4 is 17.5 Å². The summed E-state index contributed by atoms with van der Waals surface area (Å²) in [4.78, 5) is 8.68. The minimum atomic E-state index is -0.188. The summed E-state index contributed by atoms with van der Waals surface area (Å²) in [5.74, 6) is 1.70. The van der Waals surface area contributed by atoms with Gasteiger partial charge in [0.1, 0.15) is 17.4 Å². The Labute approximate surface area is 152 Å². The Morgan fingerprint density at radius 1 is 1.04 bits per heavy atom. The molecule has 0 unspecified atom stereocenters. The lowest BCUT2D eigenvalue weighted by atomic mass is 10.1. The van der Waals surface area contributed by atoms with Gasteiger partial charge in [0.2, 0.25) is 5.95 Å². The maximum Gasteiger partial charge on any atom is 0.229 e. The molecule has 0 amide bonds. The zero-order chi connectivity index (χ0) is 18.2. The van der Waals surface area contributed by atoms with E-state index in [1.54, 1.807) is 24.4 Å². The molecule has 1 heterocycles. The number of nitrogens with one attached hydrogen (secondary N) is 2. The molecule has 0 aliphatic carbocycles.